The Morgan fingerprint density at radius 3 is 2.07 bits per heavy atom. The highest BCUT2D eigenvalue weighted by Crippen LogP contribution is 2.29. The fourth-order valence-electron chi connectivity index (χ4n) is 2.74. The minimum absolute atomic E-state index is 0. The fraction of sp³-hybridized carbons (Fsp3) is 0.217. The van der Waals surface area contributed by atoms with Crippen molar-refractivity contribution in [2.45, 2.75) is 26.6 Å². The second-order valence-corrected chi connectivity index (χ2v) is 6.49. The van der Waals surface area contributed by atoms with Crippen molar-refractivity contribution in [3.05, 3.63) is 94.8 Å². The Hall–Kier alpha value is -2.56. The molecule has 148 valence electrons. The lowest BCUT2D eigenvalue weighted by Gasteiger charge is -2.13. The Morgan fingerprint density at radius 1 is 0.786 bits per heavy atom. The van der Waals surface area contributed by atoms with Crippen molar-refractivity contribution in [1.82, 2.24) is 5.32 Å². The Labute approximate surface area is 171 Å². The summed E-state index contributed by atoms with van der Waals surface area (Å²) < 4.78 is 24.3. The largest absolute Gasteiger partial charge is 0.493 e. The number of methoxy groups -OCH3 is 1. The van der Waals surface area contributed by atoms with E-state index in [4.69, 9.17) is 9.47 Å². The number of benzene rings is 3. The maximum absolute atomic E-state index is 12.9. The zero-order valence-corrected chi connectivity index (χ0v) is 16.9. The minimum atomic E-state index is -0.218. The van der Waals surface area contributed by atoms with Crippen LogP contribution in [0.5, 0.6) is 11.5 Å². The van der Waals surface area contributed by atoms with Crippen LogP contribution in [0, 0.1) is 12.7 Å². The second kappa shape index (κ2) is 10.7. The van der Waals surface area contributed by atoms with E-state index in [0.29, 0.717) is 25.4 Å². The van der Waals surface area contributed by atoms with Crippen molar-refractivity contribution in [3.63, 3.8) is 0 Å². The summed E-state index contributed by atoms with van der Waals surface area (Å²) in [5.74, 6) is 1.22. The molecule has 3 nitrogen and oxygen atoms in total. The first-order chi connectivity index (χ1) is 13.1. The van der Waals surface area contributed by atoms with Crippen LogP contribution >= 0.6 is 12.4 Å². The maximum Gasteiger partial charge on any atom is 0.161 e. The molecule has 0 aliphatic carbocycles. The molecule has 0 aliphatic heterocycles. The third-order valence-electron chi connectivity index (χ3n) is 4.31. The van der Waals surface area contributed by atoms with Crippen LogP contribution in [0.15, 0.2) is 66.7 Å². The van der Waals surface area contributed by atoms with Crippen molar-refractivity contribution in [2.75, 3.05) is 7.11 Å². The van der Waals surface area contributed by atoms with Gasteiger partial charge in [-0.2, -0.15) is 0 Å². The number of halogens is 2. The topological polar surface area (TPSA) is 30.5 Å². The van der Waals surface area contributed by atoms with Crippen LogP contribution in [-0.2, 0) is 19.7 Å². The lowest BCUT2D eigenvalue weighted by Crippen LogP contribution is -2.12. The standard InChI is InChI=1S/C23H24FNO2.ClH/c1-17-3-5-19(6-4-17)16-27-22-12-9-20(13-23(22)26-2)15-25-14-18-7-10-21(24)11-8-18;/h3-13,25H,14-16H2,1-2H3;1H. The van der Waals surface area contributed by atoms with Gasteiger partial charge in [0.2, 0.25) is 0 Å². The number of ether oxygens (including phenoxy) is 2. The average Bonchev–Trinajstić information content (AvgIpc) is 2.69. The van der Waals surface area contributed by atoms with Crippen molar-refractivity contribution < 1.29 is 13.9 Å². The van der Waals surface area contributed by atoms with Gasteiger partial charge in [0.25, 0.3) is 0 Å². The van der Waals surface area contributed by atoms with Gasteiger partial charge in [-0.05, 0) is 47.9 Å². The Morgan fingerprint density at radius 2 is 1.39 bits per heavy atom. The molecule has 0 saturated heterocycles. The number of hydrogen-bond acceptors (Lipinski definition) is 3. The van der Waals surface area contributed by atoms with Gasteiger partial charge >= 0.3 is 0 Å². The van der Waals surface area contributed by atoms with E-state index in [1.54, 1.807) is 19.2 Å². The summed E-state index contributed by atoms with van der Waals surface area (Å²) in [6.07, 6.45) is 0. The molecular weight excluding hydrogens is 377 g/mol. The average molecular weight is 402 g/mol. The van der Waals surface area contributed by atoms with E-state index in [2.05, 4.69) is 36.5 Å². The van der Waals surface area contributed by atoms with Gasteiger partial charge in [0.1, 0.15) is 12.4 Å². The molecule has 0 bridgehead atoms. The van der Waals surface area contributed by atoms with E-state index in [0.717, 1.165) is 22.4 Å². The van der Waals surface area contributed by atoms with Gasteiger partial charge in [-0.3, -0.25) is 0 Å². The molecule has 5 heteroatoms. The molecule has 0 unspecified atom stereocenters. The summed E-state index contributed by atoms with van der Waals surface area (Å²) in [5, 5.41) is 3.35. The van der Waals surface area contributed by atoms with E-state index in [9.17, 15) is 4.39 Å². The van der Waals surface area contributed by atoms with Crippen LogP contribution in [0.3, 0.4) is 0 Å². The maximum atomic E-state index is 12.9. The molecule has 0 aliphatic rings. The lowest BCUT2D eigenvalue weighted by atomic mass is 10.1. The molecular formula is C23H25ClFNO2. The number of hydrogen-bond donors (Lipinski definition) is 1. The predicted molar refractivity (Wildman–Crippen MR) is 113 cm³/mol. The van der Waals surface area contributed by atoms with Gasteiger partial charge in [-0.25, -0.2) is 4.39 Å². The van der Waals surface area contributed by atoms with Crippen molar-refractivity contribution in [2.24, 2.45) is 0 Å². The normalized spacial score (nSPS) is 10.2. The summed E-state index contributed by atoms with van der Waals surface area (Å²) in [4.78, 5) is 0. The Kier molecular flexibility index (Phi) is 8.30. The van der Waals surface area contributed by atoms with E-state index >= 15 is 0 Å². The van der Waals surface area contributed by atoms with Crippen LogP contribution in [0.2, 0.25) is 0 Å². The van der Waals surface area contributed by atoms with Crippen LogP contribution in [-0.4, -0.2) is 7.11 Å². The van der Waals surface area contributed by atoms with Crippen LogP contribution < -0.4 is 14.8 Å². The highest BCUT2D eigenvalue weighted by molar-refractivity contribution is 5.85. The molecule has 0 fully saturated rings. The third-order valence-corrected chi connectivity index (χ3v) is 4.31. The van der Waals surface area contributed by atoms with Gasteiger partial charge in [0.05, 0.1) is 7.11 Å². The molecule has 0 atom stereocenters. The first-order valence-electron chi connectivity index (χ1n) is 8.94. The second-order valence-electron chi connectivity index (χ2n) is 6.49. The zero-order valence-electron chi connectivity index (χ0n) is 16.1. The fourth-order valence-corrected chi connectivity index (χ4v) is 2.74. The summed E-state index contributed by atoms with van der Waals surface area (Å²) in [6.45, 7) is 3.93. The van der Waals surface area contributed by atoms with Gasteiger partial charge < -0.3 is 14.8 Å². The third kappa shape index (κ3) is 6.25. The molecule has 3 rings (SSSR count). The summed E-state index contributed by atoms with van der Waals surface area (Å²) in [6, 6.07) is 20.7. The van der Waals surface area contributed by atoms with Crippen LogP contribution in [0.25, 0.3) is 0 Å². The molecule has 0 amide bonds. The Bertz CT molecular complexity index is 867. The lowest BCUT2D eigenvalue weighted by molar-refractivity contribution is 0.284. The summed E-state index contributed by atoms with van der Waals surface area (Å²) >= 11 is 0. The quantitative estimate of drug-likeness (QED) is 0.545. The van der Waals surface area contributed by atoms with Crippen molar-refractivity contribution >= 4 is 12.4 Å². The van der Waals surface area contributed by atoms with Crippen LogP contribution in [0.4, 0.5) is 4.39 Å². The molecule has 1 N–H and O–H groups in total. The monoisotopic (exact) mass is 401 g/mol. The number of aryl methyl sites for hydroxylation is 1. The van der Waals surface area contributed by atoms with Crippen molar-refractivity contribution in [3.8, 4) is 11.5 Å². The molecule has 0 saturated carbocycles. The van der Waals surface area contributed by atoms with E-state index in [1.807, 2.05) is 18.2 Å². The first kappa shape index (κ1) is 21.7. The predicted octanol–water partition coefficient (Wildman–Crippen LogP) is 5.43. The van der Waals surface area contributed by atoms with Crippen LogP contribution in [0.1, 0.15) is 22.3 Å². The Balaban J connectivity index is 0.00000280. The molecule has 3 aromatic rings. The summed E-state index contributed by atoms with van der Waals surface area (Å²) in [7, 11) is 1.64. The molecule has 0 aromatic heterocycles. The van der Waals surface area contributed by atoms with E-state index in [-0.39, 0.29) is 18.2 Å². The molecule has 28 heavy (non-hydrogen) atoms. The van der Waals surface area contributed by atoms with Gasteiger partial charge in [0.15, 0.2) is 11.5 Å². The zero-order chi connectivity index (χ0) is 19.1. The van der Waals surface area contributed by atoms with E-state index in [1.165, 1.54) is 17.7 Å². The first-order valence-corrected chi connectivity index (χ1v) is 8.94. The molecule has 0 spiro atoms. The highest BCUT2D eigenvalue weighted by Gasteiger charge is 2.06. The van der Waals surface area contributed by atoms with Gasteiger partial charge in [-0.1, -0.05) is 48.0 Å². The molecule has 0 radical (unpaired) electrons. The minimum Gasteiger partial charge on any atom is -0.493 e. The number of nitrogens with one attached hydrogen (secondary N) is 1. The SMILES string of the molecule is COc1cc(CNCc2ccc(F)cc2)ccc1OCc1ccc(C)cc1.Cl. The highest BCUT2D eigenvalue weighted by atomic mass is 35.5. The smallest absolute Gasteiger partial charge is 0.161 e. The molecule has 3 aromatic carbocycles. The van der Waals surface area contributed by atoms with Crippen molar-refractivity contribution in [1.29, 1.82) is 0 Å². The summed E-state index contributed by atoms with van der Waals surface area (Å²) in [5.41, 5.74) is 4.49. The molecule has 0 heterocycles. The number of rotatable bonds is 8. The van der Waals surface area contributed by atoms with E-state index < -0.39 is 0 Å². The van der Waals surface area contributed by atoms with Gasteiger partial charge in [-0.15, -0.1) is 12.4 Å². The van der Waals surface area contributed by atoms with Gasteiger partial charge in [0, 0.05) is 13.1 Å².